The Kier molecular flexibility index (Phi) is 3.96. The maximum absolute atomic E-state index is 12.1. The van der Waals surface area contributed by atoms with Gasteiger partial charge >= 0.3 is 5.97 Å². The highest BCUT2D eigenvalue weighted by Gasteiger charge is 2.56. The number of fused-ring (bicyclic) bond motifs is 1. The molecule has 0 aromatic carbocycles. The van der Waals surface area contributed by atoms with Crippen LogP contribution in [0.4, 0.5) is 0 Å². The van der Waals surface area contributed by atoms with Crippen molar-refractivity contribution in [2.24, 2.45) is 16.6 Å². The molecule has 2 aliphatic rings. The number of aliphatic carboxylic acids is 1. The first-order valence-electron chi connectivity index (χ1n) is 7.86. The lowest BCUT2D eigenvalue weighted by molar-refractivity contribution is -0.161. The second kappa shape index (κ2) is 6.92. The van der Waals surface area contributed by atoms with Gasteiger partial charge in [-0.05, 0) is 6.92 Å². The number of carboxylic acids is 1. The van der Waals surface area contributed by atoms with Crippen LogP contribution in [0.1, 0.15) is 18.8 Å². The number of nitrogens with two attached hydrogens (primary N) is 1. The molecule has 1 fully saturated rings. The standard InChI is InChI=1S/C12H17N3O4S.H2O/c1-6(16)9-7-4-8(20-3-2-14-5-13)10(12(18)19)15(7)11(9)17;/h5-7,9,16H,2-4H2,1H3,(H2,13,14)(H,18,19);1H2/t6-,7?,9-;/m1./s1/i2D2,3D2;. The Morgan fingerprint density at radius 1 is 1.76 bits per heavy atom. The molecule has 0 aliphatic carbocycles. The van der Waals surface area contributed by atoms with Gasteiger partial charge in [0.2, 0.25) is 5.91 Å². The lowest BCUT2D eigenvalue weighted by atomic mass is 9.83. The molecule has 9 heteroatoms. The molecule has 1 amide bonds. The largest absolute Gasteiger partial charge is 0.477 e. The molecule has 0 radical (unpaired) electrons. The van der Waals surface area contributed by atoms with E-state index < -0.39 is 42.1 Å². The van der Waals surface area contributed by atoms with E-state index in [1.165, 1.54) is 6.92 Å². The number of nitrogens with zero attached hydrogens (tertiary/aromatic N) is 2. The molecule has 0 saturated carbocycles. The van der Waals surface area contributed by atoms with Gasteiger partial charge in [-0.25, -0.2) is 4.79 Å². The molecule has 0 aromatic rings. The summed E-state index contributed by atoms with van der Waals surface area (Å²) in [5, 5.41) is 19.0. The van der Waals surface area contributed by atoms with Crippen molar-refractivity contribution in [3.63, 3.8) is 0 Å². The number of carbonyl (C=O) groups excluding carboxylic acids is 1. The van der Waals surface area contributed by atoms with Crippen molar-refractivity contribution in [1.29, 1.82) is 0 Å². The van der Waals surface area contributed by atoms with Gasteiger partial charge in [-0.2, -0.15) is 0 Å². The zero-order valence-corrected chi connectivity index (χ0v) is 11.9. The minimum Gasteiger partial charge on any atom is -0.477 e. The van der Waals surface area contributed by atoms with E-state index in [-0.39, 0.29) is 22.5 Å². The molecule has 2 heterocycles. The summed E-state index contributed by atoms with van der Waals surface area (Å²) in [7, 11) is 0. The van der Waals surface area contributed by atoms with Gasteiger partial charge in [-0.15, -0.1) is 11.8 Å². The topological polar surface area (TPSA) is 148 Å². The molecule has 1 unspecified atom stereocenters. The maximum Gasteiger partial charge on any atom is 0.353 e. The summed E-state index contributed by atoms with van der Waals surface area (Å²) in [4.78, 5) is 27.9. The van der Waals surface area contributed by atoms with Crippen LogP contribution in [0.25, 0.3) is 0 Å². The monoisotopic (exact) mass is 321 g/mol. The van der Waals surface area contributed by atoms with Crippen molar-refractivity contribution < 1.29 is 30.8 Å². The van der Waals surface area contributed by atoms with Crippen LogP contribution in [0.15, 0.2) is 15.6 Å². The predicted molar refractivity (Wildman–Crippen MR) is 78.7 cm³/mol. The second-order valence-electron chi connectivity index (χ2n) is 4.42. The number of hydrogen-bond acceptors (Lipinski definition) is 5. The van der Waals surface area contributed by atoms with Gasteiger partial charge in [-0.1, -0.05) is 0 Å². The van der Waals surface area contributed by atoms with E-state index >= 15 is 0 Å². The van der Waals surface area contributed by atoms with Gasteiger partial charge in [0.05, 0.1) is 33.6 Å². The van der Waals surface area contributed by atoms with Crippen molar-refractivity contribution in [1.82, 2.24) is 4.90 Å². The molecule has 0 bridgehead atoms. The lowest BCUT2D eigenvalue weighted by Gasteiger charge is -2.44. The summed E-state index contributed by atoms with van der Waals surface area (Å²) in [5.41, 5.74) is 2.05. The number of carboxylic acid groups (broad SMARTS) is 1. The SMILES string of the molecule is O.[2H]C([2H])(N=CN)C([2H])([2H])SC1=C(C(=O)O)N2C(=O)[C@H]([C@@H](C)O)C2C1. The van der Waals surface area contributed by atoms with E-state index in [1.54, 1.807) is 0 Å². The van der Waals surface area contributed by atoms with E-state index in [2.05, 4.69) is 4.99 Å². The second-order valence-corrected chi connectivity index (χ2v) is 5.32. The molecule has 2 rings (SSSR count). The first-order valence-corrected chi connectivity index (χ1v) is 6.68. The Labute approximate surface area is 131 Å². The molecule has 0 aromatic heterocycles. The van der Waals surface area contributed by atoms with Crippen LogP contribution in [0.3, 0.4) is 0 Å². The summed E-state index contributed by atoms with van der Waals surface area (Å²) < 4.78 is 31.0. The van der Waals surface area contributed by atoms with Crippen LogP contribution in [-0.2, 0) is 9.59 Å². The number of aliphatic imine (C=N–C) groups is 1. The van der Waals surface area contributed by atoms with Crippen molar-refractivity contribution in [2.75, 3.05) is 12.2 Å². The molecular formula is C12H19N3O5S. The molecule has 2 aliphatic heterocycles. The van der Waals surface area contributed by atoms with Crippen LogP contribution < -0.4 is 5.73 Å². The number of amides is 1. The summed E-state index contributed by atoms with van der Waals surface area (Å²) in [6, 6.07) is -0.564. The molecule has 8 nitrogen and oxygen atoms in total. The van der Waals surface area contributed by atoms with E-state index in [1.807, 2.05) is 0 Å². The third-order valence-corrected chi connectivity index (χ3v) is 4.05. The number of aliphatic hydroxyl groups is 1. The Hall–Kier alpha value is -1.58. The third-order valence-electron chi connectivity index (χ3n) is 3.25. The minimum absolute atomic E-state index is 0. The normalized spacial score (nSPS) is 29.8. The first-order chi connectivity index (χ1) is 10.9. The highest BCUT2D eigenvalue weighted by atomic mass is 32.2. The van der Waals surface area contributed by atoms with Crippen LogP contribution in [0.5, 0.6) is 0 Å². The summed E-state index contributed by atoms with van der Waals surface area (Å²) in [6.45, 7) is -1.26. The molecule has 1 saturated heterocycles. The fraction of sp³-hybridized carbons (Fsp3) is 0.583. The average molecular weight is 321 g/mol. The molecular weight excluding hydrogens is 298 g/mol. The maximum atomic E-state index is 12.1. The van der Waals surface area contributed by atoms with E-state index in [9.17, 15) is 19.8 Å². The highest BCUT2D eigenvalue weighted by Crippen LogP contribution is 2.46. The molecule has 118 valence electrons. The van der Waals surface area contributed by atoms with Crippen LogP contribution in [-0.4, -0.2) is 63.2 Å². The van der Waals surface area contributed by atoms with E-state index in [4.69, 9.17) is 11.2 Å². The Balaban J connectivity index is 0.00000312. The van der Waals surface area contributed by atoms with Gasteiger partial charge in [0, 0.05) is 19.8 Å². The molecule has 3 atom stereocenters. The highest BCUT2D eigenvalue weighted by molar-refractivity contribution is 8.03. The van der Waals surface area contributed by atoms with Crippen LogP contribution in [0.2, 0.25) is 0 Å². The summed E-state index contributed by atoms with van der Waals surface area (Å²) in [6.07, 6.45) is -0.280. The number of hydrogen-bond donors (Lipinski definition) is 3. The lowest BCUT2D eigenvalue weighted by Crippen LogP contribution is -2.61. The quantitative estimate of drug-likeness (QED) is 0.317. The average Bonchev–Trinajstić information content (AvgIpc) is 2.71. The van der Waals surface area contributed by atoms with E-state index in [0.717, 1.165) is 4.90 Å². The zero-order valence-electron chi connectivity index (χ0n) is 15.1. The number of thioether (sulfide) groups is 1. The number of rotatable bonds is 6. The Bertz CT molecular complexity index is 640. The van der Waals surface area contributed by atoms with Gasteiger partial charge in [0.1, 0.15) is 5.70 Å². The smallest absolute Gasteiger partial charge is 0.353 e. The third kappa shape index (κ3) is 3.04. The van der Waals surface area contributed by atoms with Crippen molar-refractivity contribution in [3.8, 4) is 0 Å². The molecule has 21 heavy (non-hydrogen) atoms. The van der Waals surface area contributed by atoms with Crippen molar-refractivity contribution in [2.45, 2.75) is 25.5 Å². The zero-order chi connectivity index (χ0) is 18.4. The predicted octanol–water partition coefficient (Wildman–Crippen LogP) is -1.21. The summed E-state index contributed by atoms with van der Waals surface area (Å²) in [5.74, 6) is -2.69. The van der Waals surface area contributed by atoms with Crippen LogP contribution in [0, 0.1) is 5.92 Å². The number of β-lactam (4-membered cyclic amide) rings is 1. The van der Waals surface area contributed by atoms with E-state index in [0.29, 0.717) is 18.1 Å². The Morgan fingerprint density at radius 3 is 2.95 bits per heavy atom. The van der Waals surface area contributed by atoms with Crippen LogP contribution >= 0.6 is 11.8 Å². The van der Waals surface area contributed by atoms with Gasteiger partial charge in [-0.3, -0.25) is 9.79 Å². The van der Waals surface area contributed by atoms with Gasteiger partial charge < -0.3 is 26.3 Å². The van der Waals surface area contributed by atoms with Crippen molar-refractivity contribution in [3.05, 3.63) is 10.6 Å². The Morgan fingerprint density at radius 2 is 2.43 bits per heavy atom. The minimum atomic E-state index is -2.69. The molecule has 0 spiro atoms. The summed E-state index contributed by atoms with van der Waals surface area (Å²) >= 11 is 0.368. The number of carbonyl (C=O) groups is 2. The fourth-order valence-electron chi connectivity index (χ4n) is 2.47. The first kappa shape index (κ1) is 12.0. The van der Waals surface area contributed by atoms with Crippen molar-refractivity contribution >= 4 is 30.0 Å². The fourth-order valence-corrected chi connectivity index (χ4v) is 3.23. The van der Waals surface area contributed by atoms with Gasteiger partial charge in [0.25, 0.3) is 0 Å². The number of aliphatic hydroxyl groups excluding tert-OH is 1. The van der Waals surface area contributed by atoms with Gasteiger partial charge in [0.15, 0.2) is 0 Å². The molecule has 6 N–H and O–H groups in total.